The Labute approximate surface area is 137 Å². The molecule has 0 bridgehead atoms. The van der Waals surface area contributed by atoms with E-state index in [-0.39, 0.29) is 5.91 Å². The minimum atomic E-state index is -0.0966. The summed E-state index contributed by atoms with van der Waals surface area (Å²) in [6.07, 6.45) is 0. The molecule has 1 aromatic carbocycles. The van der Waals surface area contributed by atoms with E-state index in [1.54, 1.807) is 0 Å². The fourth-order valence-electron chi connectivity index (χ4n) is 2.81. The lowest BCUT2D eigenvalue weighted by Gasteiger charge is -2.13. The van der Waals surface area contributed by atoms with Gasteiger partial charge >= 0.3 is 0 Å². The van der Waals surface area contributed by atoms with Gasteiger partial charge in [0.05, 0.1) is 5.56 Å². The van der Waals surface area contributed by atoms with Crippen molar-refractivity contribution in [2.45, 2.75) is 33.7 Å². The van der Waals surface area contributed by atoms with E-state index in [4.69, 9.17) is 10.5 Å². The Bertz CT molecular complexity index is 672. The summed E-state index contributed by atoms with van der Waals surface area (Å²) in [6, 6.07) is 9.56. The number of aromatic nitrogens is 1. The van der Waals surface area contributed by atoms with Crippen LogP contribution in [0, 0.1) is 13.8 Å². The summed E-state index contributed by atoms with van der Waals surface area (Å²) in [5, 5.41) is 2.93. The highest BCUT2D eigenvalue weighted by molar-refractivity contribution is 6.05. The van der Waals surface area contributed by atoms with Crippen molar-refractivity contribution < 1.29 is 9.53 Å². The molecule has 0 aliphatic heterocycles. The SMILES string of the molecule is Cc1cc(C(=O)Nc2ccc(OCCN)cc2)c(C)n1C(C)C. The van der Waals surface area contributed by atoms with Gasteiger partial charge in [0, 0.05) is 29.7 Å². The van der Waals surface area contributed by atoms with Gasteiger partial charge in [0.1, 0.15) is 12.4 Å². The van der Waals surface area contributed by atoms with Crippen molar-refractivity contribution in [1.82, 2.24) is 4.57 Å². The molecule has 1 heterocycles. The van der Waals surface area contributed by atoms with Gasteiger partial charge in [-0.25, -0.2) is 0 Å². The Kier molecular flexibility index (Phi) is 5.45. The number of benzene rings is 1. The zero-order valence-electron chi connectivity index (χ0n) is 14.2. The second kappa shape index (κ2) is 7.33. The quantitative estimate of drug-likeness (QED) is 0.859. The van der Waals surface area contributed by atoms with Crippen molar-refractivity contribution in [1.29, 1.82) is 0 Å². The summed E-state index contributed by atoms with van der Waals surface area (Å²) >= 11 is 0. The molecular weight excluding hydrogens is 290 g/mol. The molecule has 0 saturated heterocycles. The monoisotopic (exact) mass is 315 g/mol. The molecule has 124 valence electrons. The van der Waals surface area contributed by atoms with Gasteiger partial charge in [-0.1, -0.05) is 0 Å². The molecule has 0 unspecified atom stereocenters. The number of carbonyl (C=O) groups is 1. The zero-order valence-corrected chi connectivity index (χ0v) is 14.2. The van der Waals surface area contributed by atoms with Crippen molar-refractivity contribution in [3.05, 3.63) is 47.3 Å². The summed E-state index contributed by atoms with van der Waals surface area (Å²) in [5.41, 5.74) is 8.93. The lowest BCUT2D eigenvalue weighted by atomic mass is 10.2. The number of amides is 1. The molecule has 3 N–H and O–H groups in total. The number of hydrogen-bond acceptors (Lipinski definition) is 3. The third-order valence-electron chi connectivity index (χ3n) is 3.74. The smallest absolute Gasteiger partial charge is 0.257 e. The van der Waals surface area contributed by atoms with E-state index < -0.39 is 0 Å². The van der Waals surface area contributed by atoms with Gasteiger partial charge in [-0.15, -0.1) is 0 Å². The molecule has 1 amide bonds. The second-order valence-corrected chi connectivity index (χ2v) is 5.86. The number of aryl methyl sites for hydroxylation is 1. The standard InChI is InChI=1S/C18H25N3O2/c1-12(2)21-13(3)11-17(14(21)4)18(22)20-15-5-7-16(8-6-15)23-10-9-19/h5-8,11-12H,9-10,19H2,1-4H3,(H,20,22). The maximum atomic E-state index is 12.5. The van der Waals surface area contributed by atoms with E-state index in [1.807, 2.05) is 44.2 Å². The first-order chi connectivity index (χ1) is 10.9. The maximum absolute atomic E-state index is 12.5. The summed E-state index contributed by atoms with van der Waals surface area (Å²) in [6.45, 7) is 9.18. The number of nitrogens with one attached hydrogen (secondary N) is 1. The molecule has 0 spiro atoms. The molecule has 5 nitrogen and oxygen atoms in total. The van der Waals surface area contributed by atoms with E-state index >= 15 is 0 Å². The van der Waals surface area contributed by atoms with Crippen LogP contribution in [0.2, 0.25) is 0 Å². The van der Waals surface area contributed by atoms with E-state index in [0.717, 1.165) is 22.8 Å². The van der Waals surface area contributed by atoms with Gasteiger partial charge in [0.15, 0.2) is 0 Å². The first-order valence-corrected chi connectivity index (χ1v) is 7.86. The second-order valence-electron chi connectivity index (χ2n) is 5.86. The van der Waals surface area contributed by atoms with Crippen LogP contribution in [0.3, 0.4) is 0 Å². The van der Waals surface area contributed by atoms with Crippen LogP contribution in [0.25, 0.3) is 0 Å². The van der Waals surface area contributed by atoms with Gasteiger partial charge in [-0.2, -0.15) is 0 Å². The molecule has 0 aliphatic rings. The average molecular weight is 315 g/mol. The Morgan fingerprint density at radius 1 is 1.26 bits per heavy atom. The van der Waals surface area contributed by atoms with Gasteiger partial charge in [0.2, 0.25) is 0 Å². The lowest BCUT2D eigenvalue weighted by molar-refractivity contribution is 0.102. The summed E-state index contributed by atoms with van der Waals surface area (Å²) in [5.74, 6) is 0.645. The highest BCUT2D eigenvalue weighted by Gasteiger charge is 2.17. The fourth-order valence-corrected chi connectivity index (χ4v) is 2.81. The number of nitrogens with zero attached hydrogens (tertiary/aromatic N) is 1. The first-order valence-electron chi connectivity index (χ1n) is 7.86. The molecule has 0 fully saturated rings. The summed E-state index contributed by atoms with van der Waals surface area (Å²) < 4.78 is 7.59. The van der Waals surface area contributed by atoms with Crippen LogP contribution in [0.1, 0.15) is 41.6 Å². The molecule has 23 heavy (non-hydrogen) atoms. The Hall–Kier alpha value is -2.27. The molecule has 0 radical (unpaired) electrons. The van der Waals surface area contributed by atoms with Crippen LogP contribution in [-0.2, 0) is 0 Å². The Balaban J connectivity index is 2.12. The molecule has 0 aliphatic carbocycles. The van der Waals surface area contributed by atoms with Crippen LogP contribution >= 0.6 is 0 Å². The van der Waals surface area contributed by atoms with Crippen LogP contribution in [0.15, 0.2) is 30.3 Å². The normalized spacial score (nSPS) is 10.9. The minimum Gasteiger partial charge on any atom is -0.492 e. The summed E-state index contributed by atoms with van der Waals surface area (Å²) in [7, 11) is 0. The lowest BCUT2D eigenvalue weighted by Crippen LogP contribution is -2.14. The van der Waals surface area contributed by atoms with Crippen LogP contribution in [-0.4, -0.2) is 23.6 Å². The van der Waals surface area contributed by atoms with Gasteiger partial charge in [-0.3, -0.25) is 4.79 Å². The van der Waals surface area contributed by atoms with Gasteiger partial charge in [-0.05, 0) is 58.0 Å². The van der Waals surface area contributed by atoms with E-state index in [0.29, 0.717) is 24.8 Å². The highest BCUT2D eigenvalue weighted by atomic mass is 16.5. The third-order valence-corrected chi connectivity index (χ3v) is 3.74. The average Bonchev–Trinajstić information content (AvgIpc) is 2.81. The fraction of sp³-hybridized carbons (Fsp3) is 0.389. The number of rotatable bonds is 6. The Morgan fingerprint density at radius 3 is 2.43 bits per heavy atom. The van der Waals surface area contributed by atoms with Gasteiger partial charge in [0.25, 0.3) is 5.91 Å². The largest absolute Gasteiger partial charge is 0.492 e. The number of nitrogens with two attached hydrogens (primary N) is 1. The molecule has 0 atom stereocenters. The molecule has 0 saturated carbocycles. The molecule has 2 aromatic rings. The van der Waals surface area contributed by atoms with E-state index in [9.17, 15) is 4.79 Å². The summed E-state index contributed by atoms with van der Waals surface area (Å²) in [4.78, 5) is 12.5. The van der Waals surface area contributed by atoms with Crippen molar-refractivity contribution in [3.8, 4) is 5.75 Å². The molecular formula is C18H25N3O2. The van der Waals surface area contributed by atoms with Gasteiger partial charge < -0.3 is 20.4 Å². The van der Waals surface area contributed by atoms with E-state index in [2.05, 4.69) is 23.7 Å². The maximum Gasteiger partial charge on any atom is 0.257 e. The Morgan fingerprint density at radius 2 is 1.91 bits per heavy atom. The topological polar surface area (TPSA) is 69.3 Å². The molecule has 1 aromatic heterocycles. The van der Waals surface area contributed by atoms with Crippen molar-refractivity contribution >= 4 is 11.6 Å². The highest BCUT2D eigenvalue weighted by Crippen LogP contribution is 2.22. The van der Waals surface area contributed by atoms with E-state index in [1.165, 1.54) is 0 Å². The van der Waals surface area contributed by atoms with Crippen LogP contribution < -0.4 is 15.8 Å². The predicted octanol–water partition coefficient (Wildman–Crippen LogP) is 3.28. The minimum absolute atomic E-state index is 0.0966. The van der Waals surface area contributed by atoms with Crippen molar-refractivity contribution in [2.75, 3.05) is 18.5 Å². The van der Waals surface area contributed by atoms with Crippen molar-refractivity contribution in [3.63, 3.8) is 0 Å². The number of hydrogen-bond donors (Lipinski definition) is 2. The van der Waals surface area contributed by atoms with Crippen LogP contribution in [0.4, 0.5) is 5.69 Å². The predicted molar refractivity (Wildman–Crippen MR) is 93.2 cm³/mol. The van der Waals surface area contributed by atoms with Crippen LogP contribution in [0.5, 0.6) is 5.75 Å². The third kappa shape index (κ3) is 3.93. The number of carbonyl (C=O) groups excluding carboxylic acids is 1. The number of anilines is 1. The zero-order chi connectivity index (χ0) is 17.0. The first kappa shape index (κ1) is 17.1. The number of ether oxygens (including phenoxy) is 1. The molecule has 2 rings (SSSR count). The van der Waals surface area contributed by atoms with Crippen molar-refractivity contribution in [2.24, 2.45) is 5.73 Å². The molecule has 5 heteroatoms.